The van der Waals surface area contributed by atoms with Gasteiger partial charge in [-0.25, -0.2) is 0 Å². The smallest absolute Gasteiger partial charge is 0.260 e. The number of ether oxygens (including phenoxy) is 1. The summed E-state index contributed by atoms with van der Waals surface area (Å²) in [4.78, 5) is 13.4. The maximum Gasteiger partial charge on any atom is 0.260 e. The van der Waals surface area contributed by atoms with Crippen LogP contribution in [0.4, 0.5) is 0 Å². The highest BCUT2D eigenvalue weighted by Gasteiger charge is 2.14. The molecule has 0 radical (unpaired) electrons. The monoisotopic (exact) mass is 286 g/mol. The van der Waals surface area contributed by atoms with E-state index in [2.05, 4.69) is 0 Å². The Balaban J connectivity index is 0.00000324. The van der Waals surface area contributed by atoms with E-state index in [1.165, 1.54) is 5.56 Å². The molecule has 0 aliphatic carbocycles. The first-order valence-electron chi connectivity index (χ1n) is 6.11. The Hall–Kier alpha value is -1.26. The zero-order valence-corrected chi connectivity index (χ0v) is 12.8. The van der Waals surface area contributed by atoms with Gasteiger partial charge >= 0.3 is 0 Å². The van der Waals surface area contributed by atoms with Crippen molar-refractivity contribution in [2.24, 2.45) is 5.73 Å². The number of halogens is 1. The summed E-state index contributed by atoms with van der Waals surface area (Å²) < 4.78 is 5.49. The fourth-order valence-corrected chi connectivity index (χ4v) is 1.45. The lowest BCUT2D eigenvalue weighted by Gasteiger charge is -2.23. The molecule has 0 aromatic heterocycles. The molecule has 0 aliphatic heterocycles. The summed E-state index contributed by atoms with van der Waals surface area (Å²) in [6, 6.07) is 5.83. The minimum absolute atomic E-state index is 0. The maximum absolute atomic E-state index is 11.8. The fourth-order valence-electron chi connectivity index (χ4n) is 1.45. The van der Waals surface area contributed by atoms with E-state index < -0.39 is 0 Å². The Morgan fingerprint density at radius 1 is 1.37 bits per heavy atom. The summed E-state index contributed by atoms with van der Waals surface area (Å²) in [7, 11) is 1.74. The van der Waals surface area contributed by atoms with Crippen molar-refractivity contribution in [1.29, 1.82) is 0 Å². The van der Waals surface area contributed by atoms with Crippen molar-refractivity contribution in [3.63, 3.8) is 0 Å². The molecule has 0 spiro atoms. The van der Waals surface area contributed by atoms with Gasteiger partial charge in [-0.1, -0.05) is 6.07 Å². The molecule has 2 N–H and O–H groups in total. The van der Waals surface area contributed by atoms with Crippen LogP contribution in [-0.2, 0) is 4.79 Å². The lowest BCUT2D eigenvalue weighted by Crippen LogP contribution is -2.42. The molecule has 5 heteroatoms. The van der Waals surface area contributed by atoms with E-state index >= 15 is 0 Å². The van der Waals surface area contributed by atoms with Crippen LogP contribution in [0.25, 0.3) is 0 Å². The second-order valence-corrected chi connectivity index (χ2v) is 4.62. The minimum Gasteiger partial charge on any atom is -0.484 e. The minimum atomic E-state index is -0.0637. The zero-order valence-electron chi connectivity index (χ0n) is 12.0. The van der Waals surface area contributed by atoms with Gasteiger partial charge in [0.15, 0.2) is 6.61 Å². The van der Waals surface area contributed by atoms with Crippen LogP contribution in [-0.4, -0.2) is 37.0 Å². The van der Waals surface area contributed by atoms with Crippen molar-refractivity contribution in [3.8, 4) is 5.75 Å². The average Bonchev–Trinajstić information content (AvgIpc) is 2.37. The summed E-state index contributed by atoms with van der Waals surface area (Å²) in [5, 5.41) is 0. The van der Waals surface area contributed by atoms with Crippen LogP contribution in [0.1, 0.15) is 18.1 Å². The lowest BCUT2D eigenvalue weighted by atomic mass is 10.1. The van der Waals surface area contributed by atoms with Crippen LogP contribution in [0.15, 0.2) is 18.2 Å². The van der Waals surface area contributed by atoms with E-state index in [1.807, 2.05) is 39.0 Å². The summed E-state index contributed by atoms with van der Waals surface area (Å²) >= 11 is 0. The third-order valence-corrected chi connectivity index (χ3v) is 3.24. The van der Waals surface area contributed by atoms with Gasteiger partial charge in [-0.2, -0.15) is 0 Å². The van der Waals surface area contributed by atoms with E-state index in [4.69, 9.17) is 10.5 Å². The molecule has 108 valence electrons. The van der Waals surface area contributed by atoms with Gasteiger partial charge in [0.05, 0.1) is 0 Å². The Bertz CT molecular complexity index is 424. The van der Waals surface area contributed by atoms with E-state index in [0.717, 1.165) is 11.3 Å². The van der Waals surface area contributed by atoms with Crippen molar-refractivity contribution in [2.75, 3.05) is 20.2 Å². The number of carbonyl (C=O) groups is 1. The highest BCUT2D eigenvalue weighted by molar-refractivity contribution is 5.85. The molecule has 0 saturated heterocycles. The van der Waals surface area contributed by atoms with Crippen LogP contribution in [0, 0.1) is 13.8 Å². The topological polar surface area (TPSA) is 55.6 Å². The van der Waals surface area contributed by atoms with E-state index in [1.54, 1.807) is 11.9 Å². The molecule has 4 nitrogen and oxygen atoms in total. The third kappa shape index (κ3) is 5.09. The van der Waals surface area contributed by atoms with Gasteiger partial charge in [-0.15, -0.1) is 12.4 Å². The van der Waals surface area contributed by atoms with Crippen molar-refractivity contribution in [3.05, 3.63) is 29.3 Å². The molecule has 0 fully saturated rings. The first-order valence-corrected chi connectivity index (χ1v) is 6.11. The number of aryl methyl sites for hydroxylation is 2. The van der Waals surface area contributed by atoms with Crippen molar-refractivity contribution in [1.82, 2.24) is 4.90 Å². The Labute approximate surface area is 121 Å². The normalized spacial score (nSPS) is 11.4. The summed E-state index contributed by atoms with van der Waals surface area (Å²) in [5.74, 6) is 0.659. The fraction of sp³-hybridized carbons (Fsp3) is 0.500. The second-order valence-electron chi connectivity index (χ2n) is 4.62. The van der Waals surface area contributed by atoms with Crippen molar-refractivity contribution >= 4 is 18.3 Å². The molecule has 1 amide bonds. The van der Waals surface area contributed by atoms with Crippen LogP contribution >= 0.6 is 12.4 Å². The predicted molar refractivity (Wildman–Crippen MR) is 79.9 cm³/mol. The predicted octanol–water partition coefficient (Wildman–Crippen LogP) is 1.91. The molecule has 1 rings (SSSR count). The molecule has 0 saturated carbocycles. The first-order chi connectivity index (χ1) is 8.45. The Morgan fingerprint density at radius 2 is 2.00 bits per heavy atom. The van der Waals surface area contributed by atoms with Crippen LogP contribution < -0.4 is 10.5 Å². The van der Waals surface area contributed by atoms with E-state index in [9.17, 15) is 4.79 Å². The number of hydrogen-bond acceptors (Lipinski definition) is 3. The molecule has 19 heavy (non-hydrogen) atoms. The first kappa shape index (κ1) is 17.7. The number of hydrogen-bond donors (Lipinski definition) is 1. The molecule has 1 aromatic carbocycles. The molecule has 0 heterocycles. The molecule has 1 aromatic rings. The molecule has 1 unspecified atom stereocenters. The SMILES string of the molecule is Cc1ccc(OCC(=O)N(C)C(C)CN)cc1C.Cl. The molecular weight excluding hydrogens is 264 g/mol. The van der Waals surface area contributed by atoms with Crippen LogP contribution in [0.2, 0.25) is 0 Å². The Kier molecular flexibility index (Phi) is 7.49. The lowest BCUT2D eigenvalue weighted by molar-refractivity contribution is -0.133. The van der Waals surface area contributed by atoms with E-state index in [-0.39, 0.29) is 31.0 Å². The molecule has 0 aliphatic rings. The van der Waals surface area contributed by atoms with Gasteiger partial charge < -0.3 is 15.4 Å². The van der Waals surface area contributed by atoms with E-state index in [0.29, 0.717) is 6.54 Å². The molecule has 1 atom stereocenters. The number of nitrogens with zero attached hydrogens (tertiary/aromatic N) is 1. The number of amides is 1. The van der Waals surface area contributed by atoms with Gasteiger partial charge in [-0.05, 0) is 44.0 Å². The van der Waals surface area contributed by atoms with Crippen LogP contribution in [0.5, 0.6) is 5.75 Å². The average molecular weight is 287 g/mol. The standard InChI is InChI=1S/C14H22N2O2.ClH/c1-10-5-6-13(7-11(10)2)18-9-14(17)16(4)12(3)8-15;/h5-7,12H,8-9,15H2,1-4H3;1H. The molecular formula is C14H23ClN2O2. The summed E-state index contributed by atoms with van der Waals surface area (Å²) in [6.07, 6.45) is 0. The van der Waals surface area contributed by atoms with Gasteiger partial charge in [0.25, 0.3) is 5.91 Å². The van der Waals surface area contributed by atoms with Crippen LogP contribution in [0.3, 0.4) is 0 Å². The van der Waals surface area contributed by atoms with Crippen molar-refractivity contribution < 1.29 is 9.53 Å². The maximum atomic E-state index is 11.8. The van der Waals surface area contributed by atoms with Crippen molar-refractivity contribution in [2.45, 2.75) is 26.8 Å². The second kappa shape index (κ2) is 8.02. The number of rotatable bonds is 5. The largest absolute Gasteiger partial charge is 0.484 e. The number of carbonyl (C=O) groups excluding carboxylic acids is 1. The highest BCUT2D eigenvalue weighted by Crippen LogP contribution is 2.16. The molecule has 0 bridgehead atoms. The quantitative estimate of drug-likeness (QED) is 0.900. The summed E-state index contributed by atoms with van der Waals surface area (Å²) in [6.45, 7) is 6.47. The number of nitrogens with two attached hydrogens (primary N) is 1. The van der Waals surface area contributed by atoms with Gasteiger partial charge in [0.1, 0.15) is 5.75 Å². The zero-order chi connectivity index (χ0) is 13.7. The van der Waals surface area contributed by atoms with Gasteiger partial charge in [-0.3, -0.25) is 4.79 Å². The highest BCUT2D eigenvalue weighted by atomic mass is 35.5. The van der Waals surface area contributed by atoms with Gasteiger partial charge in [0, 0.05) is 19.6 Å². The number of benzene rings is 1. The van der Waals surface area contributed by atoms with Gasteiger partial charge in [0.2, 0.25) is 0 Å². The summed E-state index contributed by atoms with van der Waals surface area (Å²) in [5.41, 5.74) is 7.89. The number of likely N-dealkylation sites (N-methyl/N-ethyl adjacent to an activating group) is 1. The Morgan fingerprint density at radius 3 is 2.53 bits per heavy atom. The third-order valence-electron chi connectivity index (χ3n) is 3.24.